The molecule has 1 aromatic rings. The van der Waals surface area contributed by atoms with Crippen LogP contribution in [0.2, 0.25) is 0 Å². The number of aryl methyl sites for hydroxylation is 1. The molecule has 1 aliphatic heterocycles. The average molecular weight is 272 g/mol. The Morgan fingerprint density at radius 3 is 3.00 bits per heavy atom. The molecule has 0 saturated carbocycles. The van der Waals surface area contributed by atoms with Crippen molar-refractivity contribution in [2.45, 2.75) is 13.3 Å². The number of anilines is 1. The lowest BCUT2D eigenvalue weighted by molar-refractivity contribution is 0.0594. The maximum atomic E-state index is 11.5. The first-order chi connectivity index (χ1) is 8.22. The van der Waals surface area contributed by atoms with Gasteiger partial charge in [-0.1, -0.05) is 0 Å². The summed E-state index contributed by atoms with van der Waals surface area (Å²) in [5.41, 5.74) is 0.462. The summed E-state index contributed by atoms with van der Waals surface area (Å²) in [6, 6.07) is 0. The zero-order valence-electron chi connectivity index (χ0n) is 10.1. The van der Waals surface area contributed by atoms with Crippen molar-refractivity contribution >= 4 is 34.2 Å². The number of carbonyl (C=O) groups is 1. The standard InChI is InChI=1S/C11H16N2O2S2/c1-8-9(10(14)15-2)12-11(17-8)13-4-3-6-16-7-5-13/h3-7H2,1-2H3. The quantitative estimate of drug-likeness (QED) is 0.772. The fourth-order valence-electron chi connectivity index (χ4n) is 1.74. The van der Waals surface area contributed by atoms with Gasteiger partial charge in [0.2, 0.25) is 0 Å². The Balaban J connectivity index is 2.18. The van der Waals surface area contributed by atoms with E-state index in [0.29, 0.717) is 5.69 Å². The number of rotatable bonds is 2. The lowest BCUT2D eigenvalue weighted by atomic mass is 10.4. The highest BCUT2D eigenvalue weighted by molar-refractivity contribution is 7.99. The van der Waals surface area contributed by atoms with Gasteiger partial charge in [-0.25, -0.2) is 9.78 Å². The van der Waals surface area contributed by atoms with Crippen molar-refractivity contribution in [1.82, 2.24) is 4.98 Å². The van der Waals surface area contributed by atoms with Crippen LogP contribution in [0.3, 0.4) is 0 Å². The zero-order chi connectivity index (χ0) is 12.3. The number of methoxy groups -OCH3 is 1. The summed E-state index contributed by atoms with van der Waals surface area (Å²) in [6.45, 7) is 3.96. The molecule has 0 atom stereocenters. The maximum absolute atomic E-state index is 11.5. The topological polar surface area (TPSA) is 42.4 Å². The summed E-state index contributed by atoms with van der Waals surface area (Å²) in [5.74, 6) is 2.01. The number of hydrogen-bond donors (Lipinski definition) is 0. The van der Waals surface area contributed by atoms with Crippen LogP contribution in [0.1, 0.15) is 21.8 Å². The van der Waals surface area contributed by atoms with Crippen LogP contribution in [0.4, 0.5) is 5.13 Å². The third-order valence-electron chi connectivity index (χ3n) is 2.66. The van der Waals surface area contributed by atoms with Gasteiger partial charge in [0, 0.05) is 23.7 Å². The van der Waals surface area contributed by atoms with Gasteiger partial charge < -0.3 is 9.64 Å². The molecule has 1 aromatic heterocycles. The zero-order valence-corrected chi connectivity index (χ0v) is 11.7. The molecule has 0 amide bonds. The van der Waals surface area contributed by atoms with Crippen LogP contribution >= 0.6 is 23.1 Å². The first-order valence-electron chi connectivity index (χ1n) is 5.61. The Labute approximate surface area is 109 Å². The summed E-state index contributed by atoms with van der Waals surface area (Å²) >= 11 is 3.56. The number of carbonyl (C=O) groups excluding carboxylic acids is 1. The summed E-state index contributed by atoms with van der Waals surface area (Å²) < 4.78 is 4.73. The van der Waals surface area contributed by atoms with Gasteiger partial charge >= 0.3 is 5.97 Å². The van der Waals surface area contributed by atoms with E-state index >= 15 is 0 Å². The molecule has 2 rings (SSSR count). The smallest absolute Gasteiger partial charge is 0.357 e. The van der Waals surface area contributed by atoms with Gasteiger partial charge in [-0.2, -0.15) is 11.8 Å². The molecule has 0 bridgehead atoms. The second kappa shape index (κ2) is 5.73. The third kappa shape index (κ3) is 2.93. The van der Waals surface area contributed by atoms with Gasteiger partial charge in [0.15, 0.2) is 10.8 Å². The van der Waals surface area contributed by atoms with Gasteiger partial charge in [-0.15, -0.1) is 11.3 Å². The van der Waals surface area contributed by atoms with Crippen LogP contribution in [-0.2, 0) is 4.74 Å². The third-order valence-corrected chi connectivity index (χ3v) is 4.74. The van der Waals surface area contributed by atoms with E-state index in [-0.39, 0.29) is 5.97 Å². The molecular formula is C11H16N2O2S2. The first-order valence-corrected chi connectivity index (χ1v) is 7.58. The van der Waals surface area contributed by atoms with Crippen LogP contribution < -0.4 is 4.90 Å². The summed E-state index contributed by atoms with van der Waals surface area (Å²) in [5, 5.41) is 0.949. The molecule has 4 nitrogen and oxygen atoms in total. The molecule has 94 valence electrons. The maximum Gasteiger partial charge on any atom is 0.357 e. The van der Waals surface area contributed by atoms with E-state index in [1.54, 1.807) is 11.3 Å². The number of hydrogen-bond acceptors (Lipinski definition) is 6. The number of aromatic nitrogens is 1. The van der Waals surface area contributed by atoms with Crippen LogP contribution in [0.25, 0.3) is 0 Å². The molecule has 0 unspecified atom stereocenters. The normalized spacial score (nSPS) is 16.7. The average Bonchev–Trinajstić information content (AvgIpc) is 2.57. The van der Waals surface area contributed by atoms with Gasteiger partial charge in [0.05, 0.1) is 7.11 Å². The van der Waals surface area contributed by atoms with E-state index in [9.17, 15) is 4.79 Å². The van der Waals surface area contributed by atoms with E-state index in [2.05, 4.69) is 9.88 Å². The monoisotopic (exact) mass is 272 g/mol. The van der Waals surface area contributed by atoms with Gasteiger partial charge in [-0.3, -0.25) is 0 Å². The largest absolute Gasteiger partial charge is 0.464 e. The van der Waals surface area contributed by atoms with Crippen molar-refractivity contribution in [3.8, 4) is 0 Å². The Kier molecular flexibility index (Phi) is 4.28. The van der Waals surface area contributed by atoms with E-state index in [4.69, 9.17) is 4.74 Å². The molecule has 0 aromatic carbocycles. The fraction of sp³-hybridized carbons (Fsp3) is 0.636. The molecule has 6 heteroatoms. The molecule has 17 heavy (non-hydrogen) atoms. The van der Waals surface area contributed by atoms with E-state index in [1.807, 2.05) is 18.7 Å². The van der Waals surface area contributed by atoms with Crippen LogP contribution in [0, 0.1) is 6.92 Å². The summed E-state index contributed by atoms with van der Waals surface area (Å²) in [7, 11) is 1.39. The number of thiazole rings is 1. The SMILES string of the molecule is COC(=O)c1nc(N2CCCSCC2)sc1C. The van der Waals surface area contributed by atoms with Crippen LogP contribution in [0.15, 0.2) is 0 Å². The summed E-state index contributed by atoms with van der Waals surface area (Å²) in [6.07, 6.45) is 1.18. The molecule has 0 N–H and O–H groups in total. The van der Waals surface area contributed by atoms with Gasteiger partial charge in [0.25, 0.3) is 0 Å². The highest BCUT2D eigenvalue weighted by atomic mass is 32.2. The Hall–Kier alpha value is -0.750. The van der Waals surface area contributed by atoms with Crippen LogP contribution in [-0.4, -0.2) is 42.7 Å². The predicted octanol–water partition coefficient (Wildman–Crippen LogP) is 2.18. The minimum atomic E-state index is -0.339. The van der Waals surface area contributed by atoms with Crippen molar-refractivity contribution in [1.29, 1.82) is 0 Å². The van der Waals surface area contributed by atoms with Gasteiger partial charge in [0.1, 0.15) is 0 Å². The first kappa shape index (κ1) is 12.7. The highest BCUT2D eigenvalue weighted by Gasteiger charge is 2.19. The number of thioether (sulfide) groups is 1. The van der Waals surface area contributed by atoms with Crippen molar-refractivity contribution in [2.75, 3.05) is 36.6 Å². The van der Waals surface area contributed by atoms with Crippen LogP contribution in [0.5, 0.6) is 0 Å². The molecule has 0 aliphatic carbocycles. The number of nitrogens with zero attached hydrogens (tertiary/aromatic N) is 2. The summed E-state index contributed by atoms with van der Waals surface area (Å²) in [4.78, 5) is 19.1. The minimum Gasteiger partial charge on any atom is -0.464 e. The molecule has 0 radical (unpaired) electrons. The lowest BCUT2D eigenvalue weighted by Gasteiger charge is -2.18. The number of esters is 1. The van der Waals surface area contributed by atoms with E-state index in [0.717, 1.165) is 28.9 Å². The molecule has 1 saturated heterocycles. The second-order valence-electron chi connectivity index (χ2n) is 3.85. The van der Waals surface area contributed by atoms with Crippen molar-refractivity contribution in [3.05, 3.63) is 10.6 Å². The van der Waals surface area contributed by atoms with E-state index in [1.165, 1.54) is 19.3 Å². The highest BCUT2D eigenvalue weighted by Crippen LogP contribution is 2.27. The van der Waals surface area contributed by atoms with Crippen molar-refractivity contribution < 1.29 is 9.53 Å². The van der Waals surface area contributed by atoms with E-state index < -0.39 is 0 Å². The lowest BCUT2D eigenvalue weighted by Crippen LogP contribution is -2.25. The Bertz CT molecular complexity index is 398. The number of ether oxygens (including phenoxy) is 1. The molecular weight excluding hydrogens is 256 g/mol. The van der Waals surface area contributed by atoms with Crippen molar-refractivity contribution in [2.24, 2.45) is 0 Å². The Morgan fingerprint density at radius 2 is 2.24 bits per heavy atom. The molecule has 1 fully saturated rings. The fourth-order valence-corrected chi connectivity index (χ4v) is 3.58. The molecule has 0 spiro atoms. The van der Waals surface area contributed by atoms with Crippen molar-refractivity contribution in [3.63, 3.8) is 0 Å². The predicted molar refractivity (Wildman–Crippen MR) is 72.3 cm³/mol. The molecule has 1 aliphatic rings. The molecule has 2 heterocycles. The second-order valence-corrected chi connectivity index (χ2v) is 6.25. The minimum absolute atomic E-state index is 0.339. The van der Waals surface area contributed by atoms with Gasteiger partial charge in [-0.05, 0) is 19.1 Å². The Morgan fingerprint density at radius 1 is 1.41 bits per heavy atom.